The summed E-state index contributed by atoms with van der Waals surface area (Å²) in [6.45, 7) is 0. The number of anilines is 6. The molecule has 422 valence electrons. The Morgan fingerprint density at radius 1 is 0.200 bits per heavy atom. The molecule has 0 spiro atoms. The summed E-state index contributed by atoms with van der Waals surface area (Å²) < 4.78 is 0. The van der Waals surface area contributed by atoms with Gasteiger partial charge < -0.3 is 9.80 Å². The standard InChI is InChI=1S/C88H60N2/c1-6-27-61(28-7-1)62-55-57-72(58-56-62)90(81-49-23-30-63-29-16-17-42-73(63)81)84-52-26-48-80-86(84)75-44-19-21-46-78(75)88(80,69-37-12-4-13-38-69)70-39-22-32-65(59-70)66-54-53-64-31-24-50-82(76(64)60-66)89(71-40-14-5-15-41-71)83-51-25-47-79-85(83)74-43-18-20-45-77(74)87(79,67-33-8-2-9-34-67)68-35-10-3-11-36-68/h1-60H. The first-order chi connectivity index (χ1) is 44.7. The topological polar surface area (TPSA) is 6.48 Å². The van der Waals surface area contributed by atoms with E-state index in [1.54, 1.807) is 0 Å². The summed E-state index contributed by atoms with van der Waals surface area (Å²) in [5.74, 6) is 0. The van der Waals surface area contributed by atoms with Crippen molar-refractivity contribution in [2.45, 2.75) is 10.8 Å². The molecule has 0 amide bonds. The molecule has 1 atom stereocenters. The molecule has 2 nitrogen and oxygen atoms in total. The fraction of sp³-hybridized carbons (Fsp3) is 0.0227. The van der Waals surface area contributed by atoms with E-state index in [2.05, 4.69) is 374 Å². The summed E-state index contributed by atoms with van der Waals surface area (Å²) in [5.41, 5.74) is 25.0. The minimum Gasteiger partial charge on any atom is -0.309 e. The Kier molecular flexibility index (Phi) is 12.7. The Morgan fingerprint density at radius 2 is 0.556 bits per heavy atom. The van der Waals surface area contributed by atoms with Gasteiger partial charge in [-0.15, -0.1) is 0 Å². The second kappa shape index (κ2) is 21.7. The maximum Gasteiger partial charge on any atom is 0.0714 e. The molecule has 0 saturated heterocycles. The van der Waals surface area contributed by atoms with Crippen LogP contribution < -0.4 is 9.80 Å². The number of hydrogen-bond acceptors (Lipinski definition) is 2. The third kappa shape index (κ3) is 8.19. The zero-order chi connectivity index (χ0) is 59.6. The van der Waals surface area contributed by atoms with E-state index >= 15 is 0 Å². The molecule has 0 saturated carbocycles. The van der Waals surface area contributed by atoms with E-state index in [0.29, 0.717) is 0 Å². The molecule has 0 fully saturated rings. The van der Waals surface area contributed by atoms with Crippen molar-refractivity contribution in [2.24, 2.45) is 0 Å². The van der Waals surface area contributed by atoms with E-state index in [4.69, 9.17) is 0 Å². The van der Waals surface area contributed by atoms with Crippen LogP contribution in [0.15, 0.2) is 364 Å². The van der Waals surface area contributed by atoms with Crippen molar-refractivity contribution in [1.29, 1.82) is 0 Å². The summed E-state index contributed by atoms with van der Waals surface area (Å²) in [7, 11) is 0. The average Bonchev–Trinajstić information content (AvgIpc) is 1.53. The third-order valence-electron chi connectivity index (χ3n) is 19.2. The molecule has 1 unspecified atom stereocenters. The van der Waals surface area contributed by atoms with Gasteiger partial charge >= 0.3 is 0 Å². The van der Waals surface area contributed by atoms with Gasteiger partial charge in [-0.05, 0) is 149 Å². The lowest BCUT2D eigenvalue weighted by molar-refractivity contribution is 0.768. The molecule has 2 aliphatic rings. The van der Waals surface area contributed by atoms with E-state index in [9.17, 15) is 0 Å². The first kappa shape index (κ1) is 52.7. The zero-order valence-electron chi connectivity index (χ0n) is 49.5. The predicted octanol–water partition coefficient (Wildman–Crippen LogP) is 23.0. The van der Waals surface area contributed by atoms with Gasteiger partial charge in [-0.25, -0.2) is 0 Å². The van der Waals surface area contributed by atoms with Gasteiger partial charge in [0.05, 0.1) is 33.6 Å². The molecule has 0 N–H and O–H groups in total. The van der Waals surface area contributed by atoms with Crippen molar-refractivity contribution in [2.75, 3.05) is 9.80 Å². The molecule has 17 rings (SSSR count). The Balaban J connectivity index is 0.853. The lowest BCUT2D eigenvalue weighted by Gasteiger charge is -2.35. The van der Waals surface area contributed by atoms with Gasteiger partial charge in [0, 0.05) is 33.3 Å². The number of benzene rings is 15. The van der Waals surface area contributed by atoms with Crippen LogP contribution in [0.4, 0.5) is 34.1 Å². The number of nitrogens with zero attached hydrogens (tertiary/aromatic N) is 2. The van der Waals surface area contributed by atoms with E-state index < -0.39 is 10.8 Å². The molecule has 2 heteroatoms. The first-order valence-corrected chi connectivity index (χ1v) is 31.2. The van der Waals surface area contributed by atoms with Crippen LogP contribution in [0.1, 0.15) is 44.5 Å². The molecule has 0 aromatic heterocycles. The maximum absolute atomic E-state index is 2.51. The van der Waals surface area contributed by atoms with Gasteiger partial charge in [-0.1, -0.05) is 303 Å². The minimum absolute atomic E-state index is 0.548. The first-order valence-electron chi connectivity index (χ1n) is 31.2. The van der Waals surface area contributed by atoms with Crippen LogP contribution in [0.25, 0.3) is 66.1 Å². The monoisotopic (exact) mass is 1140 g/mol. The number of rotatable bonds is 12. The van der Waals surface area contributed by atoms with Gasteiger partial charge in [0.1, 0.15) is 0 Å². The van der Waals surface area contributed by atoms with Crippen LogP contribution in [-0.4, -0.2) is 0 Å². The molecule has 0 bridgehead atoms. The predicted molar refractivity (Wildman–Crippen MR) is 376 cm³/mol. The molecule has 0 radical (unpaired) electrons. The quantitative estimate of drug-likeness (QED) is 0.120. The Bertz CT molecular complexity index is 5130. The fourth-order valence-electron chi connectivity index (χ4n) is 15.4. The van der Waals surface area contributed by atoms with E-state index in [0.717, 1.165) is 50.6 Å². The smallest absolute Gasteiger partial charge is 0.0714 e. The highest BCUT2D eigenvalue weighted by atomic mass is 15.2. The van der Waals surface area contributed by atoms with Crippen molar-refractivity contribution in [3.63, 3.8) is 0 Å². The van der Waals surface area contributed by atoms with Gasteiger partial charge in [0.25, 0.3) is 0 Å². The second-order valence-electron chi connectivity index (χ2n) is 23.8. The van der Waals surface area contributed by atoms with Crippen molar-refractivity contribution >= 4 is 55.7 Å². The lowest BCUT2D eigenvalue weighted by atomic mass is 9.67. The van der Waals surface area contributed by atoms with Gasteiger partial charge in [0.15, 0.2) is 0 Å². The van der Waals surface area contributed by atoms with Crippen LogP contribution >= 0.6 is 0 Å². The summed E-state index contributed by atoms with van der Waals surface area (Å²) in [6, 6.07) is 135. The Morgan fingerprint density at radius 3 is 1.13 bits per heavy atom. The Hall–Kier alpha value is -11.6. The van der Waals surface area contributed by atoms with Crippen molar-refractivity contribution in [3.8, 4) is 44.5 Å². The number of fused-ring (bicyclic) bond motifs is 8. The zero-order valence-corrected chi connectivity index (χ0v) is 49.5. The highest BCUT2D eigenvalue weighted by Gasteiger charge is 2.49. The largest absolute Gasteiger partial charge is 0.309 e. The van der Waals surface area contributed by atoms with E-state index in [1.165, 1.54) is 94.0 Å². The molecule has 0 aliphatic heterocycles. The lowest BCUT2D eigenvalue weighted by Crippen LogP contribution is -2.28. The molecule has 15 aromatic rings. The molecular formula is C88H60N2. The van der Waals surface area contributed by atoms with Gasteiger partial charge in [-0.2, -0.15) is 0 Å². The van der Waals surface area contributed by atoms with Crippen LogP contribution in [0.5, 0.6) is 0 Å². The van der Waals surface area contributed by atoms with Gasteiger partial charge in [0.2, 0.25) is 0 Å². The maximum atomic E-state index is 2.51. The van der Waals surface area contributed by atoms with E-state index in [-0.39, 0.29) is 0 Å². The van der Waals surface area contributed by atoms with Crippen molar-refractivity contribution in [3.05, 3.63) is 408 Å². The second-order valence-corrected chi connectivity index (χ2v) is 23.8. The fourth-order valence-corrected chi connectivity index (χ4v) is 15.4. The van der Waals surface area contributed by atoms with Crippen LogP contribution in [0, 0.1) is 0 Å². The number of para-hydroxylation sites is 1. The van der Waals surface area contributed by atoms with Crippen LogP contribution in [0.2, 0.25) is 0 Å². The Labute approximate surface area is 526 Å². The van der Waals surface area contributed by atoms with E-state index in [1.807, 2.05) is 0 Å². The minimum atomic E-state index is -0.689. The highest BCUT2D eigenvalue weighted by Crippen LogP contribution is 2.62. The van der Waals surface area contributed by atoms with Crippen molar-refractivity contribution < 1.29 is 0 Å². The SMILES string of the molecule is c1ccc(-c2ccc(N(c3cccc4c3-c3ccccc3C4(c3ccccc3)c3cccc(-c4ccc5cccc(N(c6ccccc6)c6cccc7c6-c6ccccc6C7(c6ccccc6)c6ccccc6)c5c4)c3)c3cccc4ccccc34)cc2)cc1. The molecule has 2 aliphatic carbocycles. The molecule has 90 heavy (non-hydrogen) atoms. The summed E-state index contributed by atoms with van der Waals surface area (Å²) >= 11 is 0. The molecule has 15 aromatic carbocycles. The van der Waals surface area contributed by atoms with Crippen molar-refractivity contribution in [1.82, 2.24) is 0 Å². The third-order valence-corrected chi connectivity index (χ3v) is 19.2. The average molecular weight is 1150 g/mol. The summed E-state index contributed by atoms with van der Waals surface area (Å²) in [4.78, 5) is 5.01. The summed E-state index contributed by atoms with van der Waals surface area (Å²) in [6.07, 6.45) is 0. The molecule has 0 heterocycles. The normalized spacial score (nSPS) is 14.1. The number of hydrogen-bond donors (Lipinski definition) is 0. The van der Waals surface area contributed by atoms with Crippen LogP contribution in [-0.2, 0) is 10.8 Å². The van der Waals surface area contributed by atoms with Gasteiger partial charge in [-0.3, -0.25) is 0 Å². The molecular weight excluding hydrogens is 1080 g/mol. The van der Waals surface area contributed by atoms with Crippen LogP contribution in [0.3, 0.4) is 0 Å². The highest BCUT2D eigenvalue weighted by molar-refractivity contribution is 6.06. The summed E-state index contributed by atoms with van der Waals surface area (Å²) in [5, 5.41) is 4.71.